The van der Waals surface area contributed by atoms with Gasteiger partial charge in [-0.15, -0.1) is 0 Å². The number of carbonyl (C=O) groups excluding carboxylic acids is 1. The van der Waals surface area contributed by atoms with Crippen molar-refractivity contribution in [3.8, 4) is 0 Å². The van der Waals surface area contributed by atoms with E-state index in [2.05, 4.69) is 46.4 Å². The Morgan fingerprint density at radius 3 is 2.46 bits per heavy atom. The number of nitrogens with zero attached hydrogens (tertiary/aromatic N) is 3. The standard InChI is InChI=1S/C21H28N4O/c1-2-3-7-12-22-18-10-11-20(23-17-18)21(26)25-15-13-24(14-16-25)19-8-5-4-6-9-19/h4-6,8-11,17,22H,2-3,7,12-16H2,1H3. The molecule has 138 valence electrons. The Balaban J connectivity index is 1.50. The van der Waals surface area contributed by atoms with Crippen LogP contribution in [0.5, 0.6) is 0 Å². The van der Waals surface area contributed by atoms with Crippen LogP contribution in [-0.2, 0) is 0 Å². The summed E-state index contributed by atoms with van der Waals surface area (Å²) in [6.07, 6.45) is 5.36. The summed E-state index contributed by atoms with van der Waals surface area (Å²) < 4.78 is 0. The summed E-state index contributed by atoms with van der Waals surface area (Å²) in [7, 11) is 0. The quantitative estimate of drug-likeness (QED) is 0.773. The number of anilines is 2. The highest BCUT2D eigenvalue weighted by molar-refractivity contribution is 5.92. The van der Waals surface area contributed by atoms with Gasteiger partial charge in [0, 0.05) is 38.4 Å². The molecule has 1 aliphatic heterocycles. The number of para-hydroxylation sites is 1. The summed E-state index contributed by atoms with van der Waals surface area (Å²) >= 11 is 0. The second kappa shape index (κ2) is 9.22. The lowest BCUT2D eigenvalue weighted by Crippen LogP contribution is -2.49. The molecule has 1 amide bonds. The number of pyridine rings is 1. The van der Waals surface area contributed by atoms with Gasteiger partial charge in [0.15, 0.2) is 0 Å². The van der Waals surface area contributed by atoms with Gasteiger partial charge in [0.25, 0.3) is 5.91 Å². The molecule has 5 heteroatoms. The van der Waals surface area contributed by atoms with Crippen LogP contribution in [0.4, 0.5) is 11.4 Å². The topological polar surface area (TPSA) is 48.5 Å². The minimum Gasteiger partial charge on any atom is -0.384 e. The molecule has 0 unspecified atom stereocenters. The molecule has 0 aliphatic carbocycles. The van der Waals surface area contributed by atoms with Crippen molar-refractivity contribution in [2.24, 2.45) is 0 Å². The normalized spacial score (nSPS) is 14.3. The van der Waals surface area contributed by atoms with Crippen molar-refractivity contribution < 1.29 is 4.79 Å². The fourth-order valence-electron chi connectivity index (χ4n) is 3.20. The van der Waals surface area contributed by atoms with Crippen molar-refractivity contribution in [3.05, 3.63) is 54.4 Å². The number of hydrogen-bond acceptors (Lipinski definition) is 4. The second-order valence-electron chi connectivity index (χ2n) is 6.68. The number of unbranched alkanes of at least 4 members (excludes halogenated alkanes) is 2. The van der Waals surface area contributed by atoms with E-state index in [1.54, 1.807) is 6.20 Å². The molecule has 3 rings (SSSR count). The van der Waals surface area contributed by atoms with Gasteiger partial charge in [-0.3, -0.25) is 4.79 Å². The number of hydrogen-bond donors (Lipinski definition) is 1. The van der Waals surface area contributed by atoms with Crippen LogP contribution in [0.1, 0.15) is 36.7 Å². The minimum atomic E-state index is 0.0234. The second-order valence-corrected chi connectivity index (χ2v) is 6.68. The summed E-state index contributed by atoms with van der Waals surface area (Å²) in [5, 5.41) is 3.36. The van der Waals surface area contributed by atoms with Gasteiger partial charge in [0.1, 0.15) is 5.69 Å². The minimum absolute atomic E-state index is 0.0234. The van der Waals surface area contributed by atoms with E-state index < -0.39 is 0 Å². The van der Waals surface area contributed by atoms with Crippen molar-refractivity contribution in [1.82, 2.24) is 9.88 Å². The first-order valence-electron chi connectivity index (χ1n) is 9.57. The van der Waals surface area contributed by atoms with E-state index in [-0.39, 0.29) is 5.91 Å². The van der Waals surface area contributed by atoms with E-state index >= 15 is 0 Å². The Morgan fingerprint density at radius 1 is 1.04 bits per heavy atom. The third kappa shape index (κ3) is 4.75. The van der Waals surface area contributed by atoms with Gasteiger partial charge in [0.05, 0.1) is 11.9 Å². The number of rotatable bonds is 7. The van der Waals surface area contributed by atoms with E-state index in [9.17, 15) is 4.79 Å². The third-order valence-corrected chi connectivity index (χ3v) is 4.78. The van der Waals surface area contributed by atoms with Crippen LogP contribution in [0, 0.1) is 0 Å². The van der Waals surface area contributed by atoms with Crippen LogP contribution in [0.15, 0.2) is 48.7 Å². The Hall–Kier alpha value is -2.56. The molecule has 1 aromatic heterocycles. The van der Waals surface area contributed by atoms with Crippen molar-refractivity contribution in [2.75, 3.05) is 42.9 Å². The summed E-state index contributed by atoms with van der Waals surface area (Å²) in [4.78, 5) is 21.3. The van der Waals surface area contributed by atoms with Gasteiger partial charge < -0.3 is 15.1 Å². The van der Waals surface area contributed by atoms with E-state index in [0.29, 0.717) is 5.69 Å². The monoisotopic (exact) mass is 352 g/mol. The molecule has 1 fully saturated rings. The molecule has 2 aromatic rings. The third-order valence-electron chi connectivity index (χ3n) is 4.78. The fourth-order valence-corrected chi connectivity index (χ4v) is 3.20. The van der Waals surface area contributed by atoms with Crippen LogP contribution in [0.3, 0.4) is 0 Å². The average Bonchev–Trinajstić information content (AvgIpc) is 2.72. The molecule has 0 saturated carbocycles. The average molecular weight is 352 g/mol. The smallest absolute Gasteiger partial charge is 0.272 e. The lowest BCUT2D eigenvalue weighted by atomic mass is 10.2. The number of aromatic nitrogens is 1. The van der Waals surface area contributed by atoms with E-state index in [4.69, 9.17) is 0 Å². The van der Waals surface area contributed by atoms with Gasteiger partial charge in [0.2, 0.25) is 0 Å². The Labute approximate surface area is 156 Å². The predicted molar refractivity (Wildman–Crippen MR) is 107 cm³/mol. The first kappa shape index (κ1) is 18.2. The molecule has 0 radical (unpaired) electrons. The largest absolute Gasteiger partial charge is 0.384 e. The molecule has 26 heavy (non-hydrogen) atoms. The molecular weight excluding hydrogens is 324 g/mol. The molecule has 1 saturated heterocycles. The van der Waals surface area contributed by atoms with Gasteiger partial charge in [-0.25, -0.2) is 4.98 Å². The van der Waals surface area contributed by atoms with E-state index in [1.165, 1.54) is 18.5 Å². The zero-order valence-corrected chi connectivity index (χ0v) is 15.5. The maximum absolute atomic E-state index is 12.7. The molecule has 5 nitrogen and oxygen atoms in total. The van der Waals surface area contributed by atoms with Crippen LogP contribution >= 0.6 is 0 Å². The molecule has 1 N–H and O–H groups in total. The van der Waals surface area contributed by atoms with Gasteiger partial charge in [-0.1, -0.05) is 38.0 Å². The molecular formula is C21H28N4O. The lowest BCUT2D eigenvalue weighted by molar-refractivity contribution is 0.0741. The highest BCUT2D eigenvalue weighted by Gasteiger charge is 2.22. The lowest BCUT2D eigenvalue weighted by Gasteiger charge is -2.36. The maximum atomic E-state index is 12.7. The molecule has 0 atom stereocenters. The van der Waals surface area contributed by atoms with Crippen LogP contribution in [-0.4, -0.2) is 48.5 Å². The van der Waals surface area contributed by atoms with E-state index in [0.717, 1.165) is 44.8 Å². The molecule has 1 aromatic carbocycles. The number of benzene rings is 1. The first-order valence-corrected chi connectivity index (χ1v) is 9.57. The molecule has 2 heterocycles. The molecule has 0 bridgehead atoms. The fraction of sp³-hybridized carbons (Fsp3) is 0.429. The zero-order chi connectivity index (χ0) is 18.2. The van der Waals surface area contributed by atoms with Crippen molar-refractivity contribution in [3.63, 3.8) is 0 Å². The predicted octanol–water partition coefficient (Wildman–Crippen LogP) is 3.65. The SMILES string of the molecule is CCCCCNc1ccc(C(=O)N2CCN(c3ccccc3)CC2)nc1. The highest BCUT2D eigenvalue weighted by Crippen LogP contribution is 2.17. The number of nitrogens with one attached hydrogen (secondary N) is 1. The summed E-state index contributed by atoms with van der Waals surface area (Å²) in [6, 6.07) is 14.1. The maximum Gasteiger partial charge on any atom is 0.272 e. The van der Waals surface area contributed by atoms with Crippen LogP contribution in [0.2, 0.25) is 0 Å². The number of amides is 1. The first-order chi connectivity index (χ1) is 12.8. The number of carbonyl (C=O) groups is 1. The van der Waals surface area contributed by atoms with Gasteiger partial charge in [-0.05, 0) is 30.7 Å². The van der Waals surface area contributed by atoms with Gasteiger partial charge >= 0.3 is 0 Å². The highest BCUT2D eigenvalue weighted by atomic mass is 16.2. The molecule has 1 aliphatic rings. The van der Waals surface area contributed by atoms with Crippen LogP contribution in [0.25, 0.3) is 0 Å². The summed E-state index contributed by atoms with van der Waals surface area (Å²) in [5.41, 5.74) is 2.72. The Morgan fingerprint density at radius 2 is 1.81 bits per heavy atom. The van der Waals surface area contributed by atoms with Crippen molar-refractivity contribution >= 4 is 17.3 Å². The van der Waals surface area contributed by atoms with Gasteiger partial charge in [-0.2, -0.15) is 0 Å². The van der Waals surface area contributed by atoms with E-state index in [1.807, 2.05) is 23.1 Å². The Kier molecular flexibility index (Phi) is 6.47. The summed E-state index contributed by atoms with van der Waals surface area (Å²) in [6.45, 7) is 6.31. The summed E-state index contributed by atoms with van der Waals surface area (Å²) in [5.74, 6) is 0.0234. The molecule has 0 spiro atoms. The number of piperazine rings is 1. The Bertz CT molecular complexity index is 679. The van der Waals surface area contributed by atoms with Crippen molar-refractivity contribution in [1.29, 1.82) is 0 Å². The van der Waals surface area contributed by atoms with Crippen LogP contribution < -0.4 is 10.2 Å². The zero-order valence-electron chi connectivity index (χ0n) is 15.5. The van der Waals surface area contributed by atoms with Crippen molar-refractivity contribution in [2.45, 2.75) is 26.2 Å².